The van der Waals surface area contributed by atoms with Crippen molar-refractivity contribution in [3.8, 4) is 11.5 Å². The van der Waals surface area contributed by atoms with Gasteiger partial charge in [0.25, 0.3) is 0 Å². The van der Waals surface area contributed by atoms with Crippen molar-refractivity contribution >= 4 is 0 Å². The van der Waals surface area contributed by atoms with Crippen molar-refractivity contribution < 1.29 is 14.2 Å². The van der Waals surface area contributed by atoms with E-state index in [1.54, 1.807) is 0 Å². The molecule has 2 heterocycles. The lowest BCUT2D eigenvalue weighted by molar-refractivity contribution is 0.0867. The second-order valence-corrected chi connectivity index (χ2v) is 5.90. The molecule has 2 aliphatic heterocycles. The fourth-order valence-electron chi connectivity index (χ4n) is 3.15. The van der Waals surface area contributed by atoms with Crippen molar-refractivity contribution in [2.24, 2.45) is 5.92 Å². The number of benzene rings is 1. The third-order valence-electron chi connectivity index (χ3n) is 4.50. The van der Waals surface area contributed by atoms with Crippen molar-refractivity contribution in [1.29, 1.82) is 0 Å². The second kappa shape index (κ2) is 6.67. The summed E-state index contributed by atoms with van der Waals surface area (Å²) in [7, 11) is 0. The van der Waals surface area contributed by atoms with Crippen molar-refractivity contribution in [2.75, 3.05) is 26.4 Å². The third kappa shape index (κ3) is 3.33. The standard InChI is InChI=1S/C17H25NO3/c1-3-15-14(6-7-19-15)11-18-12(2)13-4-5-16-17(10-13)21-9-8-20-16/h4-5,10,12,14-15,18H,3,6-9,11H2,1-2H3. The van der Waals surface area contributed by atoms with Gasteiger partial charge in [-0.2, -0.15) is 0 Å². The smallest absolute Gasteiger partial charge is 0.161 e. The molecule has 1 aromatic carbocycles. The van der Waals surface area contributed by atoms with Gasteiger partial charge in [-0.25, -0.2) is 0 Å². The van der Waals surface area contributed by atoms with Gasteiger partial charge < -0.3 is 19.5 Å². The maximum Gasteiger partial charge on any atom is 0.161 e. The van der Waals surface area contributed by atoms with Gasteiger partial charge in [-0.3, -0.25) is 0 Å². The molecule has 0 bridgehead atoms. The van der Waals surface area contributed by atoms with Gasteiger partial charge in [-0.05, 0) is 43.4 Å². The summed E-state index contributed by atoms with van der Waals surface area (Å²) in [4.78, 5) is 0. The number of fused-ring (bicyclic) bond motifs is 1. The Morgan fingerprint density at radius 1 is 1.19 bits per heavy atom. The molecule has 1 fully saturated rings. The van der Waals surface area contributed by atoms with E-state index in [0.29, 0.717) is 31.3 Å². The molecular formula is C17H25NO3. The Labute approximate surface area is 126 Å². The summed E-state index contributed by atoms with van der Waals surface area (Å²) in [6.45, 7) is 7.59. The molecule has 0 aromatic heterocycles. The fourth-order valence-corrected chi connectivity index (χ4v) is 3.15. The van der Waals surface area contributed by atoms with Gasteiger partial charge in [0.15, 0.2) is 11.5 Å². The van der Waals surface area contributed by atoms with Crippen LogP contribution in [-0.2, 0) is 4.74 Å². The van der Waals surface area contributed by atoms with E-state index in [1.807, 2.05) is 6.07 Å². The van der Waals surface area contributed by atoms with Crippen LogP contribution in [-0.4, -0.2) is 32.5 Å². The minimum Gasteiger partial charge on any atom is -0.486 e. The van der Waals surface area contributed by atoms with Gasteiger partial charge in [0.05, 0.1) is 6.10 Å². The van der Waals surface area contributed by atoms with Crippen LogP contribution < -0.4 is 14.8 Å². The first-order valence-electron chi connectivity index (χ1n) is 8.02. The molecule has 4 heteroatoms. The normalized spacial score (nSPS) is 25.8. The average molecular weight is 291 g/mol. The second-order valence-electron chi connectivity index (χ2n) is 5.90. The lowest BCUT2D eigenvalue weighted by Gasteiger charge is -2.23. The first-order chi connectivity index (χ1) is 10.3. The minimum absolute atomic E-state index is 0.305. The molecule has 3 rings (SSSR count). The molecule has 0 aliphatic carbocycles. The molecule has 0 spiro atoms. The van der Waals surface area contributed by atoms with E-state index in [0.717, 1.165) is 31.1 Å². The predicted molar refractivity (Wildman–Crippen MR) is 82.0 cm³/mol. The van der Waals surface area contributed by atoms with Crippen LogP contribution in [0.15, 0.2) is 18.2 Å². The third-order valence-corrected chi connectivity index (χ3v) is 4.50. The number of hydrogen-bond acceptors (Lipinski definition) is 4. The van der Waals surface area contributed by atoms with Crippen LogP contribution in [0.5, 0.6) is 11.5 Å². The zero-order chi connectivity index (χ0) is 14.7. The number of hydrogen-bond donors (Lipinski definition) is 1. The Kier molecular flexibility index (Phi) is 4.66. The van der Waals surface area contributed by atoms with Crippen LogP contribution in [0.25, 0.3) is 0 Å². The Bertz CT molecular complexity index is 477. The lowest BCUT2D eigenvalue weighted by atomic mass is 9.98. The van der Waals surface area contributed by atoms with E-state index in [4.69, 9.17) is 14.2 Å². The highest BCUT2D eigenvalue weighted by Crippen LogP contribution is 2.32. The largest absolute Gasteiger partial charge is 0.486 e. The molecule has 2 aliphatic rings. The first kappa shape index (κ1) is 14.7. The highest BCUT2D eigenvalue weighted by molar-refractivity contribution is 5.44. The van der Waals surface area contributed by atoms with E-state index in [2.05, 4.69) is 31.3 Å². The van der Waals surface area contributed by atoms with Crippen molar-refractivity contribution in [1.82, 2.24) is 5.32 Å². The molecule has 3 unspecified atom stereocenters. The zero-order valence-corrected chi connectivity index (χ0v) is 12.9. The summed E-state index contributed by atoms with van der Waals surface area (Å²) < 4.78 is 17.0. The molecule has 21 heavy (non-hydrogen) atoms. The summed E-state index contributed by atoms with van der Waals surface area (Å²) in [6, 6.07) is 6.52. The average Bonchev–Trinajstić information content (AvgIpc) is 2.99. The Morgan fingerprint density at radius 3 is 2.81 bits per heavy atom. The molecule has 0 amide bonds. The van der Waals surface area contributed by atoms with E-state index in [1.165, 1.54) is 12.0 Å². The van der Waals surface area contributed by atoms with Gasteiger partial charge >= 0.3 is 0 Å². The van der Waals surface area contributed by atoms with Crippen LogP contribution in [0.3, 0.4) is 0 Å². The van der Waals surface area contributed by atoms with Crippen LogP contribution in [0.1, 0.15) is 38.3 Å². The molecule has 1 saturated heterocycles. The Morgan fingerprint density at radius 2 is 2.00 bits per heavy atom. The van der Waals surface area contributed by atoms with E-state index in [9.17, 15) is 0 Å². The zero-order valence-electron chi connectivity index (χ0n) is 12.9. The van der Waals surface area contributed by atoms with E-state index in [-0.39, 0.29) is 0 Å². The maximum absolute atomic E-state index is 5.75. The highest BCUT2D eigenvalue weighted by Gasteiger charge is 2.26. The van der Waals surface area contributed by atoms with Crippen LogP contribution in [0, 0.1) is 5.92 Å². The van der Waals surface area contributed by atoms with Crippen LogP contribution in [0.2, 0.25) is 0 Å². The fraction of sp³-hybridized carbons (Fsp3) is 0.647. The summed E-state index contributed by atoms with van der Waals surface area (Å²) in [5, 5.41) is 3.64. The minimum atomic E-state index is 0.305. The molecule has 116 valence electrons. The SMILES string of the molecule is CCC1OCCC1CNC(C)c1ccc2c(c1)OCCO2. The number of rotatable bonds is 5. The molecule has 1 aromatic rings. The maximum atomic E-state index is 5.75. The van der Waals surface area contributed by atoms with Gasteiger partial charge in [0, 0.05) is 19.2 Å². The monoisotopic (exact) mass is 291 g/mol. The molecule has 1 N–H and O–H groups in total. The van der Waals surface area contributed by atoms with Crippen molar-refractivity contribution in [3.05, 3.63) is 23.8 Å². The van der Waals surface area contributed by atoms with Gasteiger partial charge in [0.2, 0.25) is 0 Å². The van der Waals surface area contributed by atoms with Crippen LogP contribution in [0.4, 0.5) is 0 Å². The molecular weight excluding hydrogens is 266 g/mol. The summed E-state index contributed by atoms with van der Waals surface area (Å²) in [6.07, 6.45) is 2.69. The Hall–Kier alpha value is -1.26. The molecule has 3 atom stereocenters. The van der Waals surface area contributed by atoms with Crippen LogP contribution >= 0.6 is 0 Å². The van der Waals surface area contributed by atoms with Crippen molar-refractivity contribution in [2.45, 2.75) is 38.8 Å². The quantitative estimate of drug-likeness (QED) is 0.905. The van der Waals surface area contributed by atoms with Gasteiger partial charge in [0.1, 0.15) is 13.2 Å². The highest BCUT2D eigenvalue weighted by atomic mass is 16.6. The molecule has 0 radical (unpaired) electrons. The lowest BCUT2D eigenvalue weighted by Crippen LogP contribution is -2.30. The summed E-state index contributed by atoms with van der Waals surface area (Å²) in [5.74, 6) is 2.35. The van der Waals surface area contributed by atoms with Crippen molar-refractivity contribution in [3.63, 3.8) is 0 Å². The Balaban J connectivity index is 1.59. The molecule has 4 nitrogen and oxygen atoms in total. The number of ether oxygens (including phenoxy) is 3. The van der Waals surface area contributed by atoms with Gasteiger partial charge in [-0.15, -0.1) is 0 Å². The summed E-state index contributed by atoms with van der Waals surface area (Å²) in [5.41, 5.74) is 1.24. The molecule has 0 saturated carbocycles. The number of nitrogens with one attached hydrogen (secondary N) is 1. The topological polar surface area (TPSA) is 39.7 Å². The summed E-state index contributed by atoms with van der Waals surface area (Å²) >= 11 is 0. The van der Waals surface area contributed by atoms with E-state index >= 15 is 0 Å². The van der Waals surface area contributed by atoms with E-state index < -0.39 is 0 Å². The first-order valence-corrected chi connectivity index (χ1v) is 8.02. The predicted octanol–water partition coefficient (Wildman–Crippen LogP) is 2.92. The van der Waals surface area contributed by atoms with Gasteiger partial charge in [-0.1, -0.05) is 13.0 Å².